The number of rotatable bonds is 1. The fraction of sp³-hybridized carbons (Fsp3) is 0.667. The van der Waals surface area contributed by atoms with Crippen molar-refractivity contribution in [3.8, 4) is 0 Å². The van der Waals surface area contributed by atoms with Crippen molar-refractivity contribution in [1.29, 1.82) is 0 Å². The molecule has 0 bridgehead atoms. The van der Waals surface area contributed by atoms with Crippen LogP contribution in [0.2, 0.25) is 0 Å². The summed E-state index contributed by atoms with van der Waals surface area (Å²) in [6.07, 6.45) is 0. The van der Waals surface area contributed by atoms with Crippen molar-refractivity contribution in [3.05, 3.63) is 0 Å². The number of thiocarbonyl (C=S) groups is 1. The van der Waals surface area contributed by atoms with E-state index in [2.05, 4.69) is 17.6 Å². The van der Waals surface area contributed by atoms with Crippen LogP contribution in [0.25, 0.3) is 0 Å². The van der Waals surface area contributed by atoms with Crippen molar-refractivity contribution >= 4 is 29.2 Å². The van der Waals surface area contributed by atoms with Crippen LogP contribution in [0.15, 0.2) is 0 Å². The molecule has 2 heteroatoms. The van der Waals surface area contributed by atoms with Crippen molar-refractivity contribution in [3.63, 3.8) is 0 Å². The number of hydrogen-bond donors (Lipinski definition) is 0. The second-order valence-electron chi connectivity index (χ2n) is 0.734. The van der Waals surface area contributed by atoms with Gasteiger partial charge in [0.1, 0.15) is 0 Å². The maximum absolute atomic E-state index is 5.25. The predicted molar refractivity (Wildman–Crippen MR) is 27.9 cm³/mol. The van der Waals surface area contributed by atoms with Gasteiger partial charge in [-0.2, -0.15) is 0 Å². The standard InChI is InChI=1S/C3H4ClS/c1-3(4)2-5/h3H,1H3. The van der Waals surface area contributed by atoms with Crippen LogP contribution in [0, 0.1) is 0 Å². The predicted octanol–water partition coefficient (Wildman–Crippen LogP) is 1.49. The molecule has 1 radical (unpaired) electrons. The largest absolute Gasteiger partial charge is 0.117 e. The van der Waals surface area contributed by atoms with Gasteiger partial charge in [0.05, 0.1) is 5.38 Å². The van der Waals surface area contributed by atoms with E-state index < -0.39 is 0 Å². The van der Waals surface area contributed by atoms with Gasteiger partial charge in [0, 0.05) is 5.37 Å². The maximum atomic E-state index is 5.25. The minimum Gasteiger partial charge on any atom is -0.117 e. The molecule has 0 spiro atoms. The molecule has 0 nitrogen and oxygen atoms in total. The lowest BCUT2D eigenvalue weighted by Gasteiger charge is -1.77. The molecule has 0 aromatic heterocycles. The van der Waals surface area contributed by atoms with Gasteiger partial charge in [-0.15, -0.1) is 11.6 Å². The first-order chi connectivity index (χ1) is 2.27. The van der Waals surface area contributed by atoms with E-state index >= 15 is 0 Å². The third-order valence-electron chi connectivity index (χ3n) is 0.162. The van der Waals surface area contributed by atoms with E-state index in [1.165, 1.54) is 0 Å². The lowest BCUT2D eigenvalue weighted by atomic mass is 10.6. The van der Waals surface area contributed by atoms with E-state index in [-0.39, 0.29) is 5.38 Å². The molecule has 0 rings (SSSR count). The van der Waals surface area contributed by atoms with Gasteiger partial charge in [-0.1, -0.05) is 12.2 Å². The second-order valence-corrected chi connectivity index (χ2v) is 1.62. The zero-order valence-corrected chi connectivity index (χ0v) is 4.44. The molecule has 0 aromatic carbocycles. The highest BCUT2D eigenvalue weighted by atomic mass is 35.5. The fourth-order valence-corrected chi connectivity index (χ4v) is 0. The van der Waals surface area contributed by atoms with Gasteiger partial charge < -0.3 is 0 Å². The molecule has 0 saturated heterocycles. The van der Waals surface area contributed by atoms with Gasteiger partial charge in [-0.05, 0) is 6.92 Å². The second kappa shape index (κ2) is 2.61. The van der Waals surface area contributed by atoms with Gasteiger partial charge in [-0.25, -0.2) is 0 Å². The SMILES string of the molecule is CC(Cl)[C]=S. The van der Waals surface area contributed by atoms with Crippen molar-refractivity contribution < 1.29 is 0 Å². The molecule has 1 atom stereocenters. The van der Waals surface area contributed by atoms with E-state index in [0.29, 0.717) is 0 Å². The average molecular weight is 108 g/mol. The molecule has 0 amide bonds. The van der Waals surface area contributed by atoms with Crippen molar-refractivity contribution in [1.82, 2.24) is 0 Å². The zero-order valence-electron chi connectivity index (χ0n) is 2.86. The molecule has 0 aliphatic rings. The van der Waals surface area contributed by atoms with Crippen LogP contribution >= 0.6 is 23.8 Å². The first kappa shape index (κ1) is 5.38. The first-order valence-corrected chi connectivity index (χ1v) is 2.13. The summed E-state index contributed by atoms with van der Waals surface area (Å²) in [5, 5.41) is 2.30. The molecule has 0 N–H and O–H groups in total. The molecular formula is C3H4ClS. The quantitative estimate of drug-likeness (QED) is 0.362. The summed E-state index contributed by atoms with van der Waals surface area (Å²) in [4.78, 5) is 0. The Bertz CT molecular complexity index is 33.9. The zero-order chi connectivity index (χ0) is 4.28. The third kappa shape index (κ3) is 4.38. The lowest BCUT2D eigenvalue weighted by Crippen LogP contribution is -1.84. The van der Waals surface area contributed by atoms with Crippen LogP contribution in [0.4, 0.5) is 0 Å². The van der Waals surface area contributed by atoms with Crippen molar-refractivity contribution in [2.45, 2.75) is 12.3 Å². The van der Waals surface area contributed by atoms with Crippen LogP contribution in [-0.2, 0) is 0 Å². The van der Waals surface area contributed by atoms with Crippen LogP contribution in [0.3, 0.4) is 0 Å². The molecule has 0 aromatic rings. The van der Waals surface area contributed by atoms with Crippen LogP contribution < -0.4 is 0 Å². The fourth-order valence-electron chi connectivity index (χ4n) is 0. The Kier molecular flexibility index (Phi) is 2.81. The van der Waals surface area contributed by atoms with Crippen LogP contribution in [-0.4, -0.2) is 10.7 Å². The molecule has 0 aliphatic carbocycles. The molecule has 29 valence electrons. The Labute approximate surface area is 42.1 Å². The van der Waals surface area contributed by atoms with Gasteiger partial charge in [0.25, 0.3) is 0 Å². The number of halogens is 1. The number of alkyl halides is 1. The molecule has 0 aliphatic heterocycles. The highest BCUT2D eigenvalue weighted by Crippen LogP contribution is 1.84. The minimum atomic E-state index is -0.0787. The van der Waals surface area contributed by atoms with E-state index in [0.717, 1.165) is 0 Å². The topological polar surface area (TPSA) is 0 Å². The lowest BCUT2D eigenvalue weighted by molar-refractivity contribution is 1.36. The Morgan fingerprint density at radius 1 is 2.00 bits per heavy atom. The summed E-state index contributed by atoms with van der Waals surface area (Å²) >= 11 is 9.54. The minimum absolute atomic E-state index is 0.0787. The van der Waals surface area contributed by atoms with Crippen LogP contribution in [0.5, 0.6) is 0 Å². The summed E-state index contributed by atoms with van der Waals surface area (Å²) < 4.78 is 0. The maximum Gasteiger partial charge on any atom is 0.0670 e. The smallest absolute Gasteiger partial charge is 0.0670 e. The Morgan fingerprint density at radius 2 is 2.20 bits per heavy atom. The average Bonchev–Trinajstić information content (AvgIpc) is 1.38. The summed E-state index contributed by atoms with van der Waals surface area (Å²) in [7, 11) is 0. The first-order valence-electron chi connectivity index (χ1n) is 1.29. The van der Waals surface area contributed by atoms with E-state index in [1.807, 2.05) is 0 Å². The highest BCUT2D eigenvalue weighted by molar-refractivity contribution is 7.79. The third-order valence-corrected chi connectivity index (χ3v) is 0.754. The molecule has 1 unspecified atom stereocenters. The Hall–Kier alpha value is 0.380. The summed E-state index contributed by atoms with van der Waals surface area (Å²) in [6, 6.07) is 0. The number of hydrogen-bond acceptors (Lipinski definition) is 1. The summed E-state index contributed by atoms with van der Waals surface area (Å²) in [5.74, 6) is 0. The van der Waals surface area contributed by atoms with Gasteiger partial charge in [0.2, 0.25) is 0 Å². The van der Waals surface area contributed by atoms with Crippen molar-refractivity contribution in [2.75, 3.05) is 0 Å². The highest BCUT2D eigenvalue weighted by Gasteiger charge is 1.80. The van der Waals surface area contributed by atoms with E-state index in [4.69, 9.17) is 11.6 Å². The van der Waals surface area contributed by atoms with E-state index in [9.17, 15) is 0 Å². The van der Waals surface area contributed by atoms with Gasteiger partial charge in [0.15, 0.2) is 0 Å². The Morgan fingerprint density at radius 3 is 2.20 bits per heavy atom. The van der Waals surface area contributed by atoms with Gasteiger partial charge in [-0.3, -0.25) is 0 Å². The molecular weight excluding hydrogens is 104 g/mol. The van der Waals surface area contributed by atoms with Crippen molar-refractivity contribution in [2.24, 2.45) is 0 Å². The molecule has 5 heavy (non-hydrogen) atoms. The summed E-state index contributed by atoms with van der Waals surface area (Å²) in [5.41, 5.74) is 0. The Balaban J connectivity index is 2.83. The van der Waals surface area contributed by atoms with Gasteiger partial charge >= 0.3 is 0 Å². The normalized spacial score (nSPS) is 14.0. The molecule has 0 fully saturated rings. The summed E-state index contributed by atoms with van der Waals surface area (Å²) in [6.45, 7) is 1.77. The van der Waals surface area contributed by atoms with Crippen LogP contribution in [0.1, 0.15) is 6.92 Å². The molecule has 0 heterocycles. The van der Waals surface area contributed by atoms with E-state index in [1.54, 1.807) is 6.92 Å². The molecule has 0 saturated carbocycles. The monoisotopic (exact) mass is 107 g/mol.